The van der Waals surface area contributed by atoms with E-state index in [9.17, 15) is 34.3 Å². The van der Waals surface area contributed by atoms with Gasteiger partial charge in [-0.15, -0.1) is 0 Å². The summed E-state index contributed by atoms with van der Waals surface area (Å²) in [7, 11) is 0. The summed E-state index contributed by atoms with van der Waals surface area (Å²) in [5, 5.41) is 32.1. The molecule has 3 heterocycles. The van der Waals surface area contributed by atoms with Crippen molar-refractivity contribution in [1.29, 1.82) is 0 Å². The largest absolute Gasteiger partial charge is 0.444 e. The Hall–Kier alpha value is -2.94. The predicted octanol–water partition coefficient (Wildman–Crippen LogP) is 0.740. The van der Waals surface area contributed by atoms with Gasteiger partial charge >= 0.3 is 16.8 Å². The second-order valence-corrected chi connectivity index (χ2v) is 7.19. The van der Waals surface area contributed by atoms with Crippen LogP contribution in [0.15, 0.2) is 23.1 Å². The van der Waals surface area contributed by atoms with E-state index < -0.39 is 52.9 Å². The summed E-state index contributed by atoms with van der Waals surface area (Å²) in [5.74, 6) is -1.83. The van der Waals surface area contributed by atoms with Crippen molar-refractivity contribution in [3.05, 3.63) is 49.6 Å². The van der Waals surface area contributed by atoms with Gasteiger partial charge in [0.2, 0.25) is 0 Å². The van der Waals surface area contributed by atoms with Crippen molar-refractivity contribution >= 4 is 28.2 Å². The van der Waals surface area contributed by atoms with Crippen molar-refractivity contribution in [3.63, 3.8) is 0 Å². The SMILES string of the molecule is C[C@H]1O[C@@H](n2cc(F)c(NC(=O)OCc3ccc([N+](=O)[O-])s3)nc2=O)[C@H](O)[C@@H]1O. The molecule has 14 heteroatoms. The highest BCUT2D eigenvalue weighted by Gasteiger charge is 2.42. The molecule has 1 fully saturated rings. The molecule has 1 amide bonds. The van der Waals surface area contributed by atoms with Crippen LogP contribution in [-0.2, 0) is 16.1 Å². The summed E-state index contributed by atoms with van der Waals surface area (Å²) in [4.78, 5) is 37.7. The number of nitrogens with zero attached hydrogens (tertiary/aromatic N) is 3. The highest BCUT2D eigenvalue weighted by atomic mass is 32.1. The van der Waals surface area contributed by atoms with E-state index in [0.717, 1.165) is 11.3 Å². The number of nitrogens with one attached hydrogen (secondary N) is 1. The maximum Gasteiger partial charge on any atom is 0.413 e. The van der Waals surface area contributed by atoms with Gasteiger partial charge in [0.05, 0.1) is 17.2 Å². The number of carbonyl (C=O) groups excluding carboxylic acids is 1. The quantitative estimate of drug-likeness (QED) is 0.458. The lowest BCUT2D eigenvalue weighted by molar-refractivity contribution is -0.380. The first kappa shape index (κ1) is 20.8. The molecule has 0 aromatic carbocycles. The van der Waals surface area contributed by atoms with E-state index in [1.807, 2.05) is 5.32 Å². The van der Waals surface area contributed by atoms with Gasteiger partial charge in [0.25, 0.3) is 0 Å². The summed E-state index contributed by atoms with van der Waals surface area (Å²) in [6.07, 6.45) is -5.33. The Morgan fingerprint density at radius 1 is 1.48 bits per heavy atom. The van der Waals surface area contributed by atoms with Crippen molar-refractivity contribution in [3.8, 4) is 0 Å². The second kappa shape index (κ2) is 8.20. The number of hydrogen-bond acceptors (Lipinski definition) is 10. The number of ether oxygens (including phenoxy) is 2. The van der Waals surface area contributed by atoms with Crippen LogP contribution in [-0.4, -0.2) is 49.1 Å². The standard InChI is InChI=1S/C15H15FN4O8S/c1-6-10(21)11(22)13(28-6)19-4-8(16)12(17-14(19)23)18-15(24)27-5-7-2-3-9(29-7)20(25)26/h2-4,6,10-11,13,21-22H,5H2,1H3,(H,17,18,23,24)/t6-,10-,11-,13-/m1/s1. The molecule has 29 heavy (non-hydrogen) atoms. The number of aromatic nitrogens is 2. The number of thiophene rings is 1. The number of carbonyl (C=O) groups is 1. The minimum Gasteiger partial charge on any atom is -0.444 e. The molecule has 0 saturated carbocycles. The van der Waals surface area contributed by atoms with Crippen LogP contribution in [0, 0.1) is 15.9 Å². The molecule has 3 N–H and O–H groups in total. The molecule has 156 valence electrons. The smallest absolute Gasteiger partial charge is 0.413 e. The first-order chi connectivity index (χ1) is 13.7. The molecule has 0 unspecified atom stereocenters. The van der Waals surface area contributed by atoms with Crippen molar-refractivity contribution in [2.75, 3.05) is 5.32 Å². The fourth-order valence-electron chi connectivity index (χ4n) is 2.58. The highest BCUT2D eigenvalue weighted by Crippen LogP contribution is 2.28. The zero-order valence-electron chi connectivity index (χ0n) is 14.7. The number of anilines is 1. The molecule has 0 bridgehead atoms. The van der Waals surface area contributed by atoms with Crippen molar-refractivity contribution in [2.45, 2.75) is 38.1 Å². The third-order valence-corrected chi connectivity index (χ3v) is 5.06. The molecule has 0 radical (unpaired) electrons. The third-order valence-electron chi connectivity index (χ3n) is 4.05. The second-order valence-electron chi connectivity index (χ2n) is 6.04. The predicted molar refractivity (Wildman–Crippen MR) is 94.8 cm³/mol. The summed E-state index contributed by atoms with van der Waals surface area (Å²) >= 11 is 0.806. The highest BCUT2D eigenvalue weighted by molar-refractivity contribution is 7.15. The van der Waals surface area contributed by atoms with E-state index in [1.165, 1.54) is 19.1 Å². The average molecular weight is 430 g/mol. The first-order valence-corrected chi connectivity index (χ1v) is 8.96. The van der Waals surface area contributed by atoms with E-state index in [4.69, 9.17) is 9.47 Å². The van der Waals surface area contributed by atoms with E-state index >= 15 is 0 Å². The summed E-state index contributed by atoms with van der Waals surface area (Å²) in [6, 6.07) is 2.65. The number of amides is 1. The van der Waals surface area contributed by atoms with Crippen molar-refractivity contribution < 1.29 is 33.8 Å². The van der Waals surface area contributed by atoms with Crippen LogP contribution < -0.4 is 11.0 Å². The van der Waals surface area contributed by atoms with E-state index in [2.05, 4.69) is 4.98 Å². The van der Waals surface area contributed by atoms with Crippen molar-refractivity contribution in [2.24, 2.45) is 0 Å². The van der Waals surface area contributed by atoms with Crippen LogP contribution in [0.25, 0.3) is 0 Å². The molecule has 3 rings (SSSR count). The number of aliphatic hydroxyl groups is 2. The van der Waals surface area contributed by atoms with Crippen LogP contribution in [0.3, 0.4) is 0 Å². The number of halogens is 1. The number of aliphatic hydroxyl groups excluding tert-OH is 2. The number of rotatable bonds is 5. The lowest BCUT2D eigenvalue weighted by Crippen LogP contribution is -2.36. The van der Waals surface area contributed by atoms with Crippen molar-refractivity contribution in [1.82, 2.24) is 9.55 Å². The van der Waals surface area contributed by atoms with Gasteiger partial charge in [0, 0.05) is 10.9 Å². The van der Waals surface area contributed by atoms with Gasteiger partial charge < -0.3 is 19.7 Å². The number of nitro groups is 1. The lowest BCUT2D eigenvalue weighted by Gasteiger charge is -2.17. The Morgan fingerprint density at radius 2 is 2.21 bits per heavy atom. The molecule has 2 aromatic heterocycles. The molecule has 0 spiro atoms. The minimum absolute atomic E-state index is 0.129. The molecular weight excluding hydrogens is 415 g/mol. The van der Waals surface area contributed by atoms with Crippen LogP contribution in [0.1, 0.15) is 18.0 Å². The maximum atomic E-state index is 14.3. The van der Waals surface area contributed by atoms with E-state index in [0.29, 0.717) is 15.6 Å². The van der Waals surface area contributed by atoms with Crippen LogP contribution in [0.5, 0.6) is 0 Å². The topological polar surface area (TPSA) is 166 Å². The van der Waals surface area contributed by atoms with Crippen LogP contribution in [0.2, 0.25) is 0 Å². The Bertz CT molecular complexity index is 995. The van der Waals surface area contributed by atoms with E-state index in [-0.39, 0.29) is 11.6 Å². The van der Waals surface area contributed by atoms with Crippen LogP contribution >= 0.6 is 11.3 Å². The Kier molecular flexibility index (Phi) is 5.88. The van der Waals surface area contributed by atoms with Crippen LogP contribution in [0.4, 0.5) is 20.0 Å². The Labute approximate surface area is 165 Å². The number of hydrogen-bond donors (Lipinski definition) is 3. The molecule has 1 aliphatic rings. The summed E-state index contributed by atoms with van der Waals surface area (Å²) < 4.78 is 25.0. The summed E-state index contributed by atoms with van der Waals surface area (Å²) in [6.45, 7) is 1.16. The zero-order valence-corrected chi connectivity index (χ0v) is 15.5. The Balaban J connectivity index is 1.66. The maximum absolute atomic E-state index is 14.3. The minimum atomic E-state index is -1.47. The molecular formula is C15H15FN4O8S. The average Bonchev–Trinajstić information content (AvgIpc) is 3.24. The van der Waals surface area contributed by atoms with Gasteiger partial charge in [-0.05, 0) is 13.0 Å². The lowest BCUT2D eigenvalue weighted by atomic mass is 10.1. The van der Waals surface area contributed by atoms with Gasteiger partial charge in [-0.3, -0.25) is 20.0 Å². The van der Waals surface area contributed by atoms with Gasteiger partial charge in [-0.1, -0.05) is 11.3 Å². The fourth-order valence-corrected chi connectivity index (χ4v) is 3.32. The third kappa shape index (κ3) is 4.40. The first-order valence-electron chi connectivity index (χ1n) is 8.14. The molecule has 4 atom stereocenters. The van der Waals surface area contributed by atoms with Gasteiger partial charge in [-0.25, -0.2) is 14.0 Å². The Morgan fingerprint density at radius 3 is 2.79 bits per heavy atom. The van der Waals surface area contributed by atoms with E-state index in [1.54, 1.807) is 0 Å². The van der Waals surface area contributed by atoms with Gasteiger partial charge in [0.15, 0.2) is 17.9 Å². The molecule has 1 aliphatic heterocycles. The van der Waals surface area contributed by atoms with Gasteiger partial charge in [-0.2, -0.15) is 4.98 Å². The zero-order chi connectivity index (χ0) is 21.3. The molecule has 12 nitrogen and oxygen atoms in total. The normalized spacial score (nSPS) is 23.7. The summed E-state index contributed by atoms with van der Waals surface area (Å²) in [5.41, 5.74) is -1.04. The molecule has 2 aromatic rings. The van der Waals surface area contributed by atoms with Gasteiger partial charge in [0.1, 0.15) is 18.8 Å². The monoisotopic (exact) mass is 430 g/mol. The molecule has 1 saturated heterocycles. The fraction of sp³-hybridized carbons (Fsp3) is 0.400. The molecule has 0 aliphatic carbocycles.